The van der Waals surface area contributed by atoms with Crippen molar-refractivity contribution in [3.8, 4) is 5.69 Å². The van der Waals surface area contributed by atoms with Crippen LogP contribution in [0.4, 0.5) is 5.82 Å². The van der Waals surface area contributed by atoms with Gasteiger partial charge in [0.15, 0.2) is 0 Å². The van der Waals surface area contributed by atoms with Crippen molar-refractivity contribution in [2.24, 2.45) is 7.05 Å². The number of hydrogen-bond acceptors (Lipinski definition) is 3. The third-order valence-corrected chi connectivity index (χ3v) is 5.78. The van der Waals surface area contributed by atoms with Crippen LogP contribution in [0, 0.1) is 0 Å². The van der Waals surface area contributed by atoms with Crippen LogP contribution in [0.1, 0.15) is 24.1 Å². The average Bonchev–Trinajstić information content (AvgIpc) is 3.42. The van der Waals surface area contributed by atoms with Gasteiger partial charge in [0.25, 0.3) is 0 Å². The molecule has 0 saturated heterocycles. The molecule has 0 spiro atoms. The van der Waals surface area contributed by atoms with Crippen LogP contribution in [0.15, 0.2) is 59.4 Å². The fourth-order valence-corrected chi connectivity index (χ4v) is 4.26. The first-order valence-corrected chi connectivity index (χ1v) is 10.2. The summed E-state index contributed by atoms with van der Waals surface area (Å²) >= 11 is 0. The van der Waals surface area contributed by atoms with Gasteiger partial charge in [0.1, 0.15) is 5.82 Å². The summed E-state index contributed by atoms with van der Waals surface area (Å²) in [5.41, 5.74) is 4.69. The Kier molecular flexibility index (Phi) is 4.50. The molecule has 5 rings (SSSR count). The topological polar surface area (TPSA) is 73.8 Å². The van der Waals surface area contributed by atoms with Crippen molar-refractivity contribution in [3.05, 3.63) is 76.3 Å². The molecule has 2 heterocycles. The summed E-state index contributed by atoms with van der Waals surface area (Å²) in [6.07, 6.45) is 3.12. The predicted octanol–water partition coefficient (Wildman–Crippen LogP) is 3.04. The number of hydrogen-bond donors (Lipinski definition) is 1. The lowest BCUT2D eigenvalue weighted by molar-refractivity contribution is -0.116. The SMILES string of the molecule is Cn1c(=O)n(CCC(=O)Nc2c3c(nn2-c2ccccc2)CCC3)c2ccccc21. The van der Waals surface area contributed by atoms with E-state index >= 15 is 0 Å². The summed E-state index contributed by atoms with van der Waals surface area (Å²) in [7, 11) is 1.75. The van der Waals surface area contributed by atoms with Crippen LogP contribution in [0.25, 0.3) is 16.7 Å². The zero-order valence-corrected chi connectivity index (χ0v) is 16.8. The van der Waals surface area contributed by atoms with Gasteiger partial charge in [0, 0.05) is 25.6 Å². The molecule has 0 saturated carbocycles. The monoisotopic (exact) mass is 401 g/mol. The van der Waals surface area contributed by atoms with E-state index in [4.69, 9.17) is 5.10 Å². The van der Waals surface area contributed by atoms with Gasteiger partial charge in [-0.3, -0.25) is 13.9 Å². The summed E-state index contributed by atoms with van der Waals surface area (Å²) in [5.74, 6) is 0.630. The number of aryl methyl sites for hydroxylation is 3. The molecule has 0 unspecified atom stereocenters. The van der Waals surface area contributed by atoms with Gasteiger partial charge in [-0.2, -0.15) is 5.10 Å². The third-order valence-electron chi connectivity index (χ3n) is 5.78. The number of para-hydroxylation sites is 3. The maximum absolute atomic E-state index is 12.8. The number of fused-ring (bicyclic) bond motifs is 2. The number of amides is 1. The van der Waals surface area contributed by atoms with Gasteiger partial charge >= 0.3 is 5.69 Å². The van der Waals surface area contributed by atoms with E-state index in [1.807, 2.05) is 59.3 Å². The molecule has 152 valence electrons. The maximum atomic E-state index is 12.8. The second kappa shape index (κ2) is 7.33. The fourth-order valence-electron chi connectivity index (χ4n) is 4.26. The van der Waals surface area contributed by atoms with Crippen molar-refractivity contribution in [3.63, 3.8) is 0 Å². The van der Waals surface area contributed by atoms with Crippen LogP contribution in [-0.4, -0.2) is 24.8 Å². The second-order valence-electron chi connectivity index (χ2n) is 7.65. The number of carbonyl (C=O) groups excluding carboxylic acids is 1. The number of anilines is 1. The highest BCUT2D eigenvalue weighted by atomic mass is 16.2. The van der Waals surface area contributed by atoms with Crippen molar-refractivity contribution in [1.29, 1.82) is 0 Å². The predicted molar refractivity (Wildman–Crippen MR) is 116 cm³/mol. The number of aromatic nitrogens is 4. The lowest BCUT2D eigenvalue weighted by atomic mass is 10.2. The first-order valence-electron chi connectivity index (χ1n) is 10.2. The third kappa shape index (κ3) is 3.03. The first-order chi connectivity index (χ1) is 14.6. The molecule has 2 aromatic carbocycles. The minimum atomic E-state index is -0.124. The van der Waals surface area contributed by atoms with Crippen LogP contribution in [-0.2, 0) is 31.2 Å². The van der Waals surface area contributed by atoms with Gasteiger partial charge in [0.2, 0.25) is 5.91 Å². The Bertz CT molecular complexity index is 1300. The molecule has 1 aliphatic rings. The lowest BCUT2D eigenvalue weighted by Crippen LogP contribution is -2.25. The van der Waals surface area contributed by atoms with E-state index in [0.717, 1.165) is 53.1 Å². The molecule has 2 aromatic heterocycles. The zero-order valence-electron chi connectivity index (χ0n) is 16.8. The minimum Gasteiger partial charge on any atom is -0.310 e. The van der Waals surface area contributed by atoms with Gasteiger partial charge in [-0.15, -0.1) is 0 Å². The van der Waals surface area contributed by atoms with Crippen LogP contribution in [0.3, 0.4) is 0 Å². The number of imidazole rings is 1. The average molecular weight is 401 g/mol. The van der Waals surface area contributed by atoms with Crippen molar-refractivity contribution in [1.82, 2.24) is 18.9 Å². The second-order valence-corrected chi connectivity index (χ2v) is 7.65. The normalized spacial score (nSPS) is 13.0. The molecule has 0 atom stereocenters. The molecule has 7 nitrogen and oxygen atoms in total. The van der Waals surface area contributed by atoms with Crippen LogP contribution >= 0.6 is 0 Å². The molecule has 7 heteroatoms. The Labute approximate surface area is 173 Å². The van der Waals surface area contributed by atoms with Crippen molar-refractivity contribution >= 4 is 22.8 Å². The fraction of sp³-hybridized carbons (Fsp3) is 0.261. The number of nitrogens with one attached hydrogen (secondary N) is 1. The first kappa shape index (κ1) is 18.4. The van der Waals surface area contributed by atoms with Gasteiger partial charge in [-0.25, -0.2) is 9.48 Å². The standard InChI is InChI=1S/C23H23N5O2/c1-26-19-12-5-6-13-20(19)27(23(26)30)15-14-21(29)24-22-17-10-7-11-18(17)25-28(22)16-8-3-2-4-9-16/h2-6,8-9,12-13H,7,10-11,14-15H2,1H3,(H,24,29). The zero-order chi connectivity index (χ0) is 20.7. The highest BCUT2D eigenvalue weighted by Gasteiger charge is 2.24. The highest BCUT2D eigenvalue weighted by Crippen LogP contribution is 2.31. The van der Waals surface area contributed by atoms with Gasteiger partial charge in [-0.05, 0) is 43.5 Å². The van der Waals surface area contributed by atoms with Crippen molar-refractivity contribution < 1.29 is 4.79 Å². The van der Waals surface area contributed by atoms with E-state index in [9.17, 15) is 9.59 Å². The molecule has 30 heavy (non-hydrogen) atoms. The van der Waals surface area contributed by atoms with Gasteiger partial charge in [-0.1, -0.05) is 30.3 Å². The molecule has 1 amide bonds. The van der Waals surface area contributed by atoms with E-state index in [1.165, 1.54) is 0 Å². The smallest absolute Gasteiger partial charge is 0.310 e. The van der Waals surface area contributed by atoms with E-state index in [1.54, 1.807) is 16.2 Å². The Hall–Kier alpha value is -3.61. The summed E-state index contributed by atoms with van der Waals surface area (Å²) in [6, 6.07) is 17.5. The van der Waals surface area contributed by atoms with Gasteiger partial charge in [0.05, 0.1) is 22.4 Å². The molecular weight excluding hydrogens is 378 g/mol. The molecule has 0 fully saturated rings. The molecular formula is C23H23N5O2. The summed E-state index contributed by atoms with van der Waals surface area (Å²) < 4.78 is 5.10. The molecule has 0 bridgehead atoms. The van der Waals surface area contributed by atoms with E-state index in [-0.39, 0.29) is 18.0 Å². The van der Waals surface area contributed by atoms with E-state index in [0.29, 0.717) is 6.54 Å². The molecule has 1 aliphatic carbocycles. The van der Waals surface area contributed by atoms with Crippen molar-refractivity contribution in [2.75, 3.05) is 5.32 Å². The van der Waals surface area contributed by atoms with Crippen LogP contribution in [0.2, 0.25) is 0 Å². The Morgan fingerprint density at radius 2 is 1.77 bits per heavy atom. The Morgan fingerprint density at radius 1 is 1.03 bits per heavy atom. The largest absolute Gasteiger partial charge is 0.328 e. The van der Waals surface area contributed by atoms with Crippen LogP contribution < -0.4 is 11.0 Å². The highest BCUT2D eigenvalue weighted by molar-refractivity contribution is 5.91. The lowest BCUT2D eigenvalue weighted by Gasteiger charge is -2.11. The molecule has 0 radical (unpaired) electrons. The number of carbonyl (C=O) groups is 1. The van der Waals surface area contributed by atoms with Crippen molar-refractivity contribution in [2.45, 2.75) is 32.2 Å². The van der Waals surface area contributed by atoms with E-state index in [2.05, 4.69) is 5.32 Å². The summed E-state index contributed by atoms with van der Waals surface area (Å²) in [6.45, 7) is 0.327. The Morgan fingerprint density at radius 3 is 2.57 bits per heavy atom. The summed E-state index contributed by atoms with van der Waals surface area (Å²) in [5, 5.41) is 7.81. The number of nitrogens with zero attached hydrogens (tertiary/aromatic N) is 4. The quantitative estimate of drug-likeness (QED) is 0.559. The van der Waals surface area contributed by atoms with Gasteiger partial charge < -0.3 is 5.32 Å². The number of benzene rings is 2. The van der Waals surface area contributed by atoms with Crippen LogP contribution in [0.5, 0.6) is 0 Å². The molecule has 0 aliphatic heterocycles. The number of rotatable bonds is 5. The molecule has 4 aromatic rings. The van der Waals surface area contributed by atoms with E-state index < -0.39 is 0 Å². The maximum Gasteiger partial charge on any atom is 0.328 e. The minimum absolute atomic E-state index is 0.112. The Balaban J connectivity index is 1.40. The molecule has 1 N–H and O–H groups in total. The summed E-state index contributed by atoms with van der Waals surface area (Å²) in [4.78, 5) is 25.4.